The molecule has 1 fully saturated rings. The van der Waals surface area contributed by atoms with Crippen molar-refractivity contribution in [3.8, 4) is 0 Å². The summed E-state index contributed by atoms with van der Waals surface area (Å²) in [7, 11) is 0. The monoisotopic (exact) mass is 550 g/mol. The Kier molecular flexibility index (Phi) is 11.5. The molecule has 0 aliphatic heterocycles. The largest absolute Gasteiger partial charge is 0.428 e. The molecule has 0 amide bonds. The quantitative estimate of drug-likeness (QED) is 0.166. The van der Waals surface area contributed by atoms with Crippen LogP contribution >= 0.6 is 0 Å². The van der Waals surface area contributed by atoms with Gasteiger partial charge in [-0.05, 0) is 61.1 Å². The summed E-state index contributed by atoms with van der Waals surface area (Å²) in [5, 5.41) is 0. The van der Waals surface area contributed by atoms with Gasteiger partial charge in [0, 0.05) is 0 Å². The third kappa shape index (κ3) is 9.75. The number of esters is 4. The van der Waals surface area contributed by atoms with Crippen LogP contribution in [-0.4, -0.2) is 49.6 Å². The minimum Gasteiger partial charge on any atom is -0.428 e. The first-order valence-corrected chi connectivity index (χ1v) is 12.4. The number of carbonyl (C=O) groups is 4. The van der Waals surface area contributed by atoms with E-state index >= 15 is 0 Å². The Hall–Kier alpha value is -4.92. The summed E-state index contributed by atoms with van der Waals surface area (Å²) in [6, 6.07) is 12.7. The van der Waals surface area contributed by atoms with E-state index in [1.165, 1.54) is 12.2 Å². The van der Waals surface area contributed by atoms with Crippen molar-refractivity contribution in [2.75, 3.05) is 13.6 Å². The molecule has 40 heavy (non-hydrogen) atoms. The molecule has 12 nitrogen and oxygen atoms in total. The lowest BCUT2D eigenvalue weighted by Gasteiger charge is -2.25. The Morgan fingerprint density at radius 3 is 1.27 bits per heavy atom. The molecule has 2 aromatic rings. The van der Waals surface area contributed by atoms with Gasteiger partial charge in [-0.1, -0.05) is 24.3 Å². The number of isocyanates is 2. The van der Waals surface area contributed by atoms with Crippen molar-refractivity contribution in [1.82, 2.24) is 0 Å². The summed E-state index contributed by atoms with van der Waals surface area (Å²) in [4.78, 5) is 75.9. The van der Waals surface area contributed by atoms with Crippen LogP contribution in [0.3, 0.4) is 0 Å². The molecule has 0 radical (unpaired) electrons. The molecule has 0 atom stereocenters. The number of ether oxygens (including phenoxy) is 4. The van der Waals surface area contributed by atoms with E-state index in [0.717, 1.165) is 0 Å². The van der Waals surface area contributed by atoms with Crippen LogP contribution in [0.5, 0.6) is 0 Å². The second kappa shape index (κ2) is 15.5. The van der Waals surface area contributed by atoms with Crippen LogP contribution in [0.25, 0.3) is 0 Å². The normalized spacial score (nSPS) is 15.9. The summed E-state index contributed by atoms with van der Waals surface area (Å²) in [6.07, 6.45) is 4.34. The van der Waals surface area contributed by atoms with Gasteiger partial charge in [-0.3, -0.25) is 19.2 Å². The van der Waals surface area contributed by atoms with E-state index in [0.29, 0.717) is 48.2 Å². The number of nitrogens with zero attached hydrogens (tertiary/aromatic N) is 2. The summed E-state index contributed by atoms with van der Waals surface area (Å²) in [5.74, 6) is -3.08. The lowest BCUT2D eigenvalue weighted by molar-refractivity contribution is -0.175. The van der Waals surface area contributed by atoms with Crippen LogP contribution in [0.4, 0.5) is 11.4 Å². The number of aliphatic imine (C=N–C) groups is 2. The molecule has 0 heterocycles. The highest BCUT2D eigenvalue weighted by molar-refractivity contribution is 5.76. The van der Waals surface area contributed by atoms with Crippen LogP contribution in [0.15, 0.2) is 58.5 Å². The van der Waals surface area contributed by atoms with E-state index in [2.05, 4.69) is 9.98 Å². The van der Waals surface area contributed by atoms with Crippen molar-refractivity contribution >= 4 is 47.4 Å². The van der Waals surface area contributed by atoms with Gasteiger partial charge in [0.15, 0.2) is 0 Å². The fraction of sp³-hybridized carbons (Fsp3) is 0.357. The van der Waals surface area contributed by atoms with E-state index in [-0.39, 0.29) is 12.8 Å². The van der Waals surface area contributed by atoms with Gasteiger partial charge in [-0.15, -0.1) is 0 Å². The van der Waals surface area contributed by atoms with Crippen LogP contribution < -0.4 is 0 Å². The summed E-state index contributed by atoms with van der Waals surface area (Å²) in [5.41, 5.74) is 2.10. The average molecular weight is 551 g/mol. The zero-order chi connectivity index (χ0) is 28.7. The van der Waals surface area contributed by atoms with Gasteiger partial charge in [0.1, 0.15) is 0 Å². The third-order valence-corrected chi connectivity index (χ3v) is 6.16. The van der Waals surface area contributed by atoms with E-state index in [9.17, 15) is 28.8 Å². The molecule has 1 aliphatic carbocycles. The summed E-state index contributed by atoms with van der Waals surface area (Å²) >= 11 is 0. The lowest BCUT2D eigenvalue weighted by Crippen LogP contribution is -2.29. The third-order valence-electron chi connectivity index (χ3n) is 6.16. The number of benzene rings is 2. The van der Waals surface area contributed by atoms with E-state index in [1.54, 1.807) is 48.5 Å². The average Bonchev–Trinajstić information content (AvgIpc) is 2.95. The van der Waals surface area contributed by atoms with Crippen molar-refractivity contribution < 1.29 is 47.7 Å². The first kappa shape index (κ1) is 29.6. The lowest BCUT2D eigenvalue weighted by atomic mass is 9.82. The highest BCUT2D eigenvalue weighted by atomic mass is 16.7. The highest BCUT2D eigenvalue weighted by Gasteiger charge is 2.32. The van der Waals surface area contributed by atoms with Crippen molar-refractivity contribution in [3.05, 3.63) is 59.7 Å². The summed E-state index contributed by atoms with van der Waals surface area (Å²) in [6.45, 7) is -1.04. The van der Waals surface area contributed by atoms with E-state index in [1.807, 2.05) is 0 Å². The second-order valence-corrected chi connectivity index (χ2v) is 8.84. The molecule has 1 aliphatic rings. The Bertz CT molecular complexity index is 1180. The van der Waals surface area contributed by atoms with Crippen LogP contribution in [0.2, 0.25) is 0 Å². The molecule has 12 heteroatoms. The molecule has 208 valence electrons. The maximum Gasteiger partial charge on any atom is 0.313 e. The first-order valence-electron chi connectivity index (χ1n) is 12.4. The molecule has 1 saturated carbocycles. The van der Waals surface area contributed by atoms with Crippen LogP contribution in [0.1, 0.15) is 36.8 Å². The maximum absolute atomic E-state index is 12.3. The van der Waals surface area contributed by atoms with Crippen LogP contribution in [-0.2, 0) is 60.6 Å². The van der Waals surface area contributed by atoms with Gasteiger partial charge < -0.3 is 18.9 Å². The molecule has 3 rings (SSSR count). The second-order valence-electron chi connectivity index (χ2n) is 8.84. The first-order chi connectivity index (χ1) is 19.4. The fourth-order valence-electron chi connectivity index (χ4n) is 4.02. The highest BCUT2D eigenvalue weighted by Crippen LogP contribution is 2.30. The predicted octanol–water partition coefficient (Wildman–Crippen LogP) is 3.30. The number of hydrogen-bond donors (Lipinski definition) is 0. The van der Waals surface area contributed by atoms with Crippen LogP contribution in [0, 0.1) is 11.8 Å². The van der Waals surface area contributed by atoms with Gasteiger partial charge in [-0.25, -0.2) is 9.59 Å². The zero-order valence-electron chi connectivity index (χ0n) is 21.4. The molecule has 0 N–H and O–H groups in total. The molecule has 0 spiro atoms. The van der Waals surface area contributed by atoms with Crippen molar-refractivity contribution in [3.63, 3.8) is 0 Å². The molecular weight excluding hydrogens is 524 g/mol. The fourth-order valence-corrected chi connectivity index (χ4v) is 4.02. The van der Waals surface area contributed by atoms with E-state index in [4.69, 9.17) is 18.9 Å². The molecule has 0 unspecified atom stereocenters. The van der Waals surface area contributed by atoms with Gasteiger partial charge >= 0.3 is 23.9 Å². The van der Waals surface area contributed by atoms with Gasteiger partial charge in [0.2, 0.25) is 25.7 Å². The maximum atomic E-state index is 12.3. The van der Waals surface area contributed by atoms with Crippen molar-refractivity contribution in [1.29, 1.82) is 0 Å². The zero-order valence-corrected chi connectivity index (χ0v) is 21.4. The molecular formula is C28H26N2O10. The smallest absolute Gasteiger partial charge is 0.313 e. The predicted molar refractivity (Wildman–Crippen MR) is 135 cm³/mol. The molecule has 0 saturated heterocycles. The Balaban J connectivity index is 1.28. The van der Waals surface area contributed by atoms with E-state index < -0.39 is 49.3 Å². The Labute approximate surface area is 229 Å². The molecule has 0 bridgehead atoms. The van der Waals surface area contributed by atoms with Crippen molar-refractivity contribution in [2.45, 2.75) is 38.5 Å². The number of hydrogen-bond acceptors (Lipinski definition) is 12. The standard InChI is InChI=1S/C28H26N2O10/c31-15-29-23-9-1-19(2-10-23)13-25(33)37-17-39-27(35)21-5-7-22(8-6-21)28(36)40-18-38-26(34)14-20-3-11-24(12-4-20)30-16-32/h1-4,9-12,21-22H,5-8,13-14,17-18H2. The van der Waals surface area contributed by atoms with Gasteiger partial charge in [-0.2, -0.15) is 9.98 Å². The van der Waals surface area contributed by atoms with Gasteiger partial charge in [0.05, 0.1) is 36.1 Å². The number of rotatable bonds is 12. The Morgan fingerprint density at radius 2 is 0.950 bits per heavy atom. The summed E-state index contributed by atoms with van der Waals surface area (Å²) < 4.78 is 20.0. The number of carbonyl (C=O) groups excluding carboxylic acids is 6. The SMILES string of the molecule is O=C=Nc1ccc(CC(=O)OCOC(=O)C2CCC(C(=O)OCOC(=O)Cc3ccc(N=C=O)cc3)CC2)cc1. The van der Waals surface area contributed by atoms with Gasteiger partial charge in [0.25, 0.3) is 0 Å². The van der Waals surface area contributed by atoms with Crippen molar-refractivity contribution in [2.24, 2.45) is 21.8 Å². The molecule has 2 aromatic carbocycles. The minimum absolute atomic E-state index is 0.0454. The molecule has 0 aromatic heterocycles. The minimum atomic E-state index is -0.589. The topological polar surface area (TPSA) is 164 Å². The Morgan fingerprint density at radius 1 is 0.600 bits per heavy atom.